The van der Waals surface area contributed by atoms with E-state index in [1.807, 2.05) is 0 Å². The van der Waals surface area contributed by atoms with E-state index >= 15 is 0 Å². The Morgan fingerprint density at radius 3 is 2.32 bits per heavy atom. The van der Waals surface area contributed by atoms with Gasteiger partial charge in [-0.25, -0.2) is 0 Å². The number of rotatable bonds is 6. The summed E-state index contributed by atoms with van der Waals surface area (Å²) in [5, 5.41) is 8.00. The van der Waals surface area contributed by atoms with Crippen molar-refractivity contribution in [3.63, 3.8) is 0 Å². The van der Waals surface area contributed by atoms with Gasteiger partial charge in [0.2, 0.25) is 17.7 Å². The molecule has 1 rings (SSSR count). The Bertz CT molecular complexity index is 325. The van der Waals surface area contributed by atoms with E-state index in [1.165, 1.54) is 13.3 Å². The fourth-order valence-corrected chi connectivity index (χ4v) is 2.14. The van der Waals surface area contributed by atoms with Crippen LogP contribution in [0.2, 0.25) is 0 Å². The molecule has 1 saturated carbocycles. The largest absolute Gasteiger partial charge is 0.356 e. The Morgan fingerprint density at radius 2 is 1.68 bits per heavy atom. The number of carbonyl (C=O) groups excluding carboxylic acids is 3. The highest BCUT2D eigenvalue weighted by atomic mass is 16.2. The molecule has 6 heteroatoms. The fraction of sp³-hybridized carbons (Fsp3) is 0.769. The number of hydrogen-bond acceptors (Lipinski definition) is 3. The van der Waals surface area contributed by atoms with Crippen molar-refractivity contribution in [1.82, 2.24) is 16.0 Å². The summed E-state index contributed by atoms with van der Waals surface area (Å²) in [6.45, 7) is 1.70. The average Bonchev–Trinajstić information content (AvgIpc) is 2.37. The Balaban J connectivity index is 2.08. The molecule has 1 aliphatic rings. The molecule has 0 saturated heterocycles. The molecule has 3 amide bonds. The maximum atomic E-state index is 11.6. The molecule has 0 bridgehead atoms. The predicted molar refractivity (Wildman–Crippen MR) is 71.3 cm³/mol. The molecule has 0 aromatic heterocycles. The van der Waals surface area contributed by atoms with Crippen molar-refractivity contribution in [3.8, 4) is 0 Å². The van der Waals surface area contributed by atoms with Crippen LogP contribution in [0.25, 0.3) is 0 Å². The van der Waals surface area contributed by atoms with Gasteiger partial charge in [0.25, 0.3) is 0 Å². The minimum absolute atomic E-state index is 0.00933. The van der Waals surface area contributed by atoms with Crippen LogP contribution in [0.1, 0.15) is 45.4 Å². The standard InChI is InChI=1S/C13H23N3O3/c1-10(17)14-8-7-12(18)15-9-13(19)16-11-5-3-2-4-6-11/h11H,2-9H2,1H3,(H,14,17)(H,15,18)(H,16,19). The molecule has 3 N–H and O–H groups in total. The molecule has 0 radical (unpaired) electrons. The molecule has 0 aromatic rings. The van der Waals surface area contributed by atoms with Crippen LogP contribution in [0.3, 0.4) is 0 Å². The van der Waals surface area contributed by atoms with Gasteiger partial charge in [-0.1, -0.05) is 19.3 Å². The average molecular weight is 269 g/mol. The second-order valence-corrected chi connectivity index (χ2v) is 4.91. The van der Waals surface area contributed by atoms with Gasteiger partial charge in [-0.15, -0.1) is 0 Å². The molecule has 0 atom stereocenters. The lowest BCUT2D eigenvalue weighted by Gasteiger charge is -2.22. The summed E-state index contributed by atoms with van der Waals surface area (Å²) in [5.41, 5.74) is 0. The van der Waals surface area contributed by atoms with Gasteiger partial charge >= 0.3 is 0 Å². The molecular weight excluding hydrogens is 246 g/mol. The predicted octanol–water partition coefficient (Wildman–Crippen LogP) is 0.0777. The Hall–Kier alpha value is -1.59. The first-order valence-electron chi connectivity index (χ1n) is 6.88. The lowest BCUT2D eigenvalue weighted by Crippen LogP contribution is -2.43. The second-order valence-electron chi connectivity index (χ2n) is 4.91. The fourth-order valence-electron chi connectivity index (χ4n) is 2.14. The lowest BCUT2D eigenvalue weighted by molar-refractivity contribution is -0.126. The Morgan fingerprint density at radius 1 is 1.00 bits per heavy atom. The van der Waals surface area contributed by atoms with Crippen LogP contribution in [0, 0.1) is 0 Å². The number of amides is 3. The van der Waals surface area contributed by atoms with Gasteiger partial charge in [-0.3, -0.25) is 14.4 Å². The molecule has 19 heavy (non-hydrogen) atoms. The van der Waals surface area contributed by atoms with Gasteiger partial charge in [-0.05, 0) is 12.8 Å². The van der Waals surface area contributed by atoms with E-state index in [1.54, 1.807) is 0 Å². The van der Waals surface area contributed by atoms with Crippen molar-refractivity contribution in [2.24, 2.45) is 0 Å². The van der Waals surface area contributed by atoms with Crippen molar-refractivity contribution in [2.45, 2.75) is 51.5 Å². The van der Waals surface area contributed by atoms with Gasteiger partial charge in [0.15, 0.2) is 0 Å². The Labute approximate surface area is 113 Å². The highest BCUT2D eigenvalue weighted by Crippen LogP contribution is 2.16. The third-order valence-corrected chi connectivity index (χ3v) is 3.14. The summed E-state index contributed by atoms with van der Waals surface area (Å²) in [6.07, 6.45) is 5.81. The van der Waals surface area contributed by atoms with E-state index in [2.05, 4.69) is 16.0 Å². The molecule has 108 valence electrons. The summed E-state index contributed by atoms with van der Waals surface area (Å²) in [5.74, 6) is -0.532. The first kappa shape index (κ1) is 15.5. The molecular formula is C13H23N3O3. The van der Waals surface area contributed by atoms with E-state index in [0.29, 0.717) is 6.54 Å². The summed E-state index contributed by atoms with van der Waals surface area (Å²) in [7, 11) is 0. The summed E-state index contributed by atoms with van der Waals surface area (Å²) < 4.78 is 0. The lowest BCUT2D eigenvalue weighted by atomic mass is 9.95. The van der Waals surface area contributed by atoms with Gasteiger partial charge in [0.1, 0.15) is 0 Å². The minimum Gasteiger partial charge on any atom is -0.356 e. The van der Waals surface area contributed by atoms with Gasteiger partial charge < -0.3 is 16.0 Å². The summed E-state index contributed by atoms with van der Waals surface area (Å²) in [6, 6.07) is 0.262. The van der Waals surface area contributed by atoms with E-state index in [0.717, 1.165) is 25.7 Å². The van der Waals surface area contributed by atoms with Crippen LogP contribution < -0.4 is 16.0 Å². The number of hydrogen-bond donors (Lipinski definition) is 3. The molecule has 1 fully saturated rings. The SMILES string of the molecule is CC(=O)NCCC(=O)NCC(=O)NC1CCCCC1. The highest BCUT2D eigenvalue weighted by Gasteiger charge is 2.15. The molecule has 0 aromatic carbocycles. The van der Waals surface area contributed by atoms with E-state index in [9.17, 15) is 14.4 Å². The monoisotopic (exact) mass is 269 g/mol. The topological polar surface area (TPSA) is 87.3 Å². The van der Waals surface area contributed by atoms with Crippen LogP contribution in [-0.4, -0.2) is 36.9 Å². The van der Waals surface area contributed by atoms with Crippen molar-refractivity contribution in [2.75, 3.05) is 13.1 Å². The van der Waals surface area contributed by atoms with Crippen LogP contribution in [0.15, 0.2) is 0 Å². The van der Waals surface area contributed by atoms with Gasteiger partial charge in [0, 0.05) is 25.9 Å². The van der Waals surface area contributed by atoms with Crippen LogP contribution in [-0.2, 0) is 14.4 Å². The maximum Gasteiger partial charge on any atom is 0.239 e. The zero-order chi connectivity index (χ0) is 14.1. The van der Waals surface area contributed by atoms with E-state index < -0.39 is 0 Å². The van der Waals surface area contributed by atoms with Crippen LogP contribution in [0.4, 0.5) is 0 Å². The maximum absolute atomic E-state index is 11.6. The molecule has 0 aliphatic heterocycles. The quantitative estimate of drug-likeness (QED) is 0.638. The second kappa shape index (κ2) is 8.50. The summed E-state index contributed by atoms with van der Waals surface area (Å²) in [4.78, 5) is 33.6. The first-order chi connectivity index (χ1) is 9.08. The van der Waals surface area contributed by atoms with E-state index in [4.69, 9.17) is 0 Å². The van der Waals surface area contributed by atoms with Crippen molar-refractivity contribution >= 4 is 17.7 Å². The van der Waals surface area contributed by atoms with Crippen LogP contribution in [0.5, 0.6) is 0 Å². The zero-order valence-electron chi connectivity index (χ0n) is 11.5. The smallest absolute Gasteiger partial charge is 0.239 e. The minimum atomic E-state index is -0.229. The van der Waals surface area contributed by atoms with E-state index in [-0.39, 0.29) is 36.7 Å². The summed E-state index contributed by atoms with van der Waals surface area (Å²) >= 11 is 0. The van der Waals surface area contributed by atoms with Crippen LogP contribution >= 0.6 is 0 Å². The van der Waals surface area contributed by atoms with Crippen molar-refractivity contribution < 1.29 is 14.4 Å². The molecule has 0 spiro atoms. The Kier molecular flexibility index (Phi) is 6.92. The van der Waals surface area contributed by atoms with Crippen molar-refractivity contribution in [3.05, 3.63) is 0 Å². The van der Waals surface area contributed by atoms with Gasteiger partial charge in [-0.2, -0.15) is 0 Å². The zero-order valence-corrected chi connectivity index (χ0v) is 11.5. The third-order valence-electron chi connectivity index (χ3n) is 3.14. The van der Waals surface area contributed by atoms with Crippen molar-refractivity contribution in [1.29, 1.82) is 0 Å². The molecule has 6 nitrogen and oxygen atoms in total. The number of nitrogens with one attached hydrogen (secondary N) is 3. The molecule has 1 aliphatic carbocycles. The van der Waals surface area contributed by atoms with Gasteiger partial charge in [0.05, 0.1) is 6.54 Å². The highest BCUT2D eigenvalue weighted by molar-refractivity contribution is 5.85. The molecule has 0 unspecified atom stereocenters. The normalized spacial score (nSPS) is 15.6. The third kappa shape index (κ3) is 7.43. The first-order valence-corrected chi connectivity index (χ1v) is 6.88. The molecule has 0 heterocycles. The number of carbonyl (C=O) groups is 3.